The van der Waals surface area contributed by atoms with E-state index in [2.05, 4.69) is 39.4 Å². The molecule has 1 unspecified atom stereocenters. The summed E-state index contributed by atoms with van der Waals surface area (Å²) in [5.74, 6) is 1.66. The van der Waals surface area contributed by atoms with Crippen molar-refractivity contribution in [2.45, 2.75) is 26.4 Å². The Hall–Kier alpha value is -3.39. The van der Waals surface area contributed by atoms with E-state index < -0.39 is 0 Å². The molecule has 2 N–H and O–H groups in total. The predicted octanol–water partition coefficient (Wildman–Crippen LogP) is 3.09. The first-order valence-electron chi connectivity index (χ1n) is 9.13. The van der Waals surface area contributed by atoms with Crippen molar-refractivity contribution in [2.24, 2.45) is 11.7 Å². The van der Waals surface area contributed by atoms with Gasteiger partial charge in [0.15, 0.2) is 6.04 Å². The smallest absolute Gasteiger partial charge is 0.254 e. The normalized spacial score (nSPS) is 12.4. The van der Waals surface area contributed by atoms with Crippen molar-refractivity contribution in [1.82, 2.24) is 30.3 Å². The van der Waals surface area contributed by atoms with Crippen LogP contribution in [0.5, 0.6) is 0 Å². The van der Waals surface area contributed by atoms with Crippen molar-refractivity contribution in [3.05, 3.63) is 66.1 Å². The molecular formula is C20H21N7O. The van der Waals surface area contributed by atoms with Crippen LogP contribution in [0.3, 0.4) is 0 Å². The molecule has 4 rings (SSSR count). The van der Waals surface area contributed by atoms with E-state index in [1.807, 2.05) is 54.6 Å². The van der Waals surface area contributed by atoms with Crippen LogP contribution in [0.4, 0.5) is 0 Å². The van der Waals surface area contributed by atoms with Crippen molar-refractivity contribution < 1.29 is 4.52 Å². The molecule has 0 aliphatic heterocycles. The molecule has 0 radical (unpaired) electrons. The van der Waals surface area contributed by atoms with E-state index >= 15 is 0 Å². The first kappa shape index (κ1) is 18.0. The molecule has 28 heavy (non-hydrogen) atoms. The first-order chi connectivity index (χ1) is 13.7. The van der Waals surface area contributed by atoms with Crippen molar-refractivity contribution in [3.63, 3.8) is 0 Å². The second-order valence-corrected chi connectivity index (χ2v) is 6.85. The van der Waals surface area contributed by atoms with Crippen LogP contribution < -0.4 is 5.73 Å². The summed E-state index contributed by atoms with van der Waals surface area (Å²) in [5.41, 5.74) is 8.47. The summed E-state index contributed by atoms with van der Waals surface area (Å²) in [6, 6.07) is 17.2. The van der Waals surface area contributed by atoms with E-state index in [0.717, 1.165) is 16.7 Å². The van der Waals surface area contributed by atoms with Gasteiger partial charge in [-0.3, -0.25) is 0 Å². The minimum atomic E-state index is -0.311. The number of hydrogen-bond donors (Lipinski definition) is 1. The zero-order valence-electron chi connectivity index (χ0n) is 15.7. The first-order valence-corrected chi connectivity index (χ1v) is 9.13. The second-order valence-electron chi connectivity index (χ2n) is 6.85. The fourth-order valence-electron chi connectivity index (χ4n) is 2.96. The Morgan fingerprint density at radius 2 is 1.68 bits per heavy atom. The molecule has 0 aliphatic carbocycles. The summed E-state index contributed by atoms with van der Waals surface area (Å²) in [6.07, 6.45) is 0. The summed E-state index contributed by atoms with van der Waals surface area (Å²) in [7, 11) is 0. The van der Waals surface area contributed by atoms with Gasteiger partial charge in [-0.15, -0.1) is 10.2 Å². The van der Waals surface area contributed by atoms with Gasteiger partial charge in [0.25, 0.3) is 5.89 Å². The van der Waals surface area contributed by atoms with Gasteiger partial charge in [-0.25, -0.2) is 0 Å². The molecule has 0 saturated carbocycles. The third-order valence-corrected chi connectivity index (χ3v) is 4.48. The Balaban J connectivity index is 1.64. The second kappa shape index (κ2) is 7.69. The molecule has 2 aromatic heterocycles. The molecular weight excluding hydrogens is 354 g/mol. The number of rotatable bonds is 6. The molecule has 142 valence electrons. The number of benzene rings is 2. The molecule has 0 aliphatic rings. The van der Waals surface area contributed by atoms with Crippen LogP contribution >= 0.6 is 0 Å². The minimum absolute atomic E-state index is 0.130. The van der Waals surface area contributed by atoms with Crippen LogP contribution in [0.15, 0.2) is 59.1 Å². The molecule has 0 saturated heterocycles. The lowest BCUT2D eigenvalue weighted by molar-refractivity contribution is 0.264. The van der Waals surface area contributed by atoms with Crippen LogP contribution in [0.25, 0.3) is 22.8 Å². The highest BCUT2D eigenvalue weighted by molar-refractivity contribution is 5.55. The average Bonchev–Trinajstić information content (AvgIpc) is 3.39. The minimum Gasteiger partial charge on any atom is -0.336 e. The number of tetrazole rings is 1. The molecule has 2 heterocycles. The maximum Gasteiger partial charge on any atom is 0.254 e. The summed E-state index contributed by atoms with van der Waals surface area (Å²) in [6.45, 7) is 4.60. The van der Waals surface area contributed by atoms with E-state index in [9.17, 15) is 0 Å². The molecule has 2 aromatic carbocycles. The summed E-state index contributed by atoms with van der Waals surface area (Å²) in [5, 5.41) is 17.1. The van der Waals surface area contributed by atoms with Gasteiger partial charge >= 0.3 is 0 Å². The van der Waals surface area contributed by atoms with Crippen LogP contribution in [-0.4, -0.2) is 30.3 Å². The lowest BCUT2D eigenvalue weighted by Gasteiger charge is -2.14. The van der Waals surface area contributed by atoms with E-state index in [4.69, 9.17) is 10.3 Å². The molecule has 0 bridgehead atoms. The Bertz CT molecular complexity index is 1040. The summed E-state index contributed by atoms with van der Waals surface area (Å²) in [4.78, 5) is 6.12. The lowest BCUT2D eigenvalue weighted by Crippen LogP contribution is -2.20. The third kappa shape index (κ3) is 3.54. The maximum atomic E-state index is 5.65. The zero-order chi connectivity index (χ0) is 19.5. The quantitative estimate of drug-likeness (QED) is 0.551. The third-order valence-electron chi connectivity index (χ3n) is 4.48. The van der Waals surface area contributed by atoms with Gasteiger partial charge in [-0.05, 0) is 16.7 Å². The van der Waals surface area contributed by atoms with Gasteiger partial charge in [0.05, 0.1) is 0 Å². The predicted molar refractivity (Wildman–Crippen MR) is 104 cm³/mol. The fraction of sp³-hybridized carbons (Fsp3) is 0.250. The maximum absolute atomic E-state index is 5.65. The van der Waals surface area contributed by atoms with E-state index in [-0.39, 0.29) is 12.0 Å². The molecule has 8 heteroatoms. The highest BCUT2D eigenvalue weighted by atomic mass is 16.5. The fourth-order valence-corrected chi connectivity index (χ4v) is 2.96. The van der Waals surface area contributed by atoms with Crippen LogP contribution in [0.1, 0.15) is 31.3 Å². The number of aromatic nitrogens is 6. The Labute approximate surface area is 162 Å². The van der Waals surface area contributed by atoms with E-state index in [1.165, 1.54) is 0 Å². The molecule has 0 amide bonds. The number of nitrogens with zero attached hydrogens (tertiary/aromatic N) is 6. The van der Waals surface area contributed by atoms with E-state index in [0.29, 0.717) is 24.1 Å². The lowest BCUT2D eigenvalue weighted by atomic mass is 10.1. The van der Waals surface area contributed by atoms with Gasteiger partial charge < -0.3 is 10.3 Å². The van der Waals surface area contributed by atoms with Crippen LogP contribution in [-0.2, 0) is 6.54 Å². The summed E-state index contributed by atoms with van der Waals surface area (Å²) < 4.78 is 5.55. The Morgan fingerprint density at radius 1 is 0.964 bits per heavy atom. The number of hydrogen-bond acceptors (Lipinski definition) is 7. The van der Waals surface area contributed by atoms with Crippen molar-refractivity contribution >= 4 is 0 Å². The number of nitrogens with two attached hydrogens (primary N) is 1. The van der Waals surface area contributed by atoms with Gasteiger partial charge in [0.2, 0.25) is 11.6 Å². The molecule has 1 atom stereocenters. The van der Waals surface area contributed by atoms with Crippen molar-refractivity contribution in [2.75, 3.05) is 0 Å². The topological polar surface area (TPSA) is 109 Å². The Morgan fingerprint density at radius 3 is 2.36 bits per heavy atom. The van der Waals surface area contributed by atoms with Crippen LogP contribution in [0.2, 0.25) is 0 Å². The zero-order valence-corrected chi connectivity index (χ0v) is 15.7. The van der Waals surface area contributed by atoms with Gasteiger partial charge in [-0.2, -0.15) is 9.78 Å². The molecule has 0 fully saturated rings. The molecule has 4 aromatic rings. The highest BCUT2D eigenvalue weighted by Crippen LogP contribution is 2.27. The average molecular weight is 375 g/mol. The Kier molecular flexibility index (Phi) is 4.94. The van der Waals surface area contributed by atoms with Gasteiger partial charge in [0, 0.05) is 17.7 Å². The molecule has 0 spiro atoms. The van der Waals surface area contributed by atoms with Gasteiger partial charge in [0.1, 0.15) is 0 Å². The SMILES string of the molecule is CC(C)C(c1nc(-c2ccc(CN)cc2)no1)n1nnc(-c2ccccc2)n1. The summed E-state index contributed by atoms with van der Waals surface area (Å²) >= 11 is 0. The highest BCUT2D eigenvalue weighted by Gasteiger charge is 2.27. The van der Waals surface area contributed by atoms with E-state index in [1.54, 1.807) is 4.80 Å². The largest absolute Gasteiger partial charge is 0.336 e. The molecule has 8 nitrogen and oxygen atoms in total. The van der Waals surface area contributed by atoms with Crippen molar-refractivity contribution in [3.8, 4) is 22.8 Å². The van der Waals surface area contributed by atoms with Gasteiger partial charge in [-0.1, -0.05) is 73.6 Å². The van der Waals surface area contributed by atoms with Crippen LogP contribution in [0, 0.1) is 5.92 Å². The standard InChI is InChI=1S/C20H21N7O/c1-13(2)17(27-24-19(23-26-27)15-6-4-3-5-7-15)20-22-18(25-28-20)16-10-8-14(12-21)9-11-16/h3-11,13,17H,12,21H2,1-2H3. The monoisotopic (exact) mass is 375 g/mol. The van der Waals surface area contributed by atoms with Crippen molar-refractivity contribution in [1.29, 1.82) is 0 Å².